The van der Waals surface area contributed by atoms with Gasteiger partial charge in [-0.1, -0.05) is 0 Å². The van der Waals surface area contributed by atoms with Gasteiger partial charge in [0.2, 0.25) is 17.7 Å². The Morgan fingerprint density at radius 2 is 2.15 bits per heavy atom. The summed E-state index contributed by atoms with van der Waals surface area (Å²) in [5, 5.41) is 2.78. The molecule has 2 amide bonds. The zero-order valence-corrected chi connectivity index (χ0v) is 11.1. The maximum absolute atomic E-state index is 12.8. The fourth-order valence-electron chi connectivity index (χ4n) is 3.20. The topological polar surface area (TPSA) is 58.6 Å². The first-order valence-electron chi connectivity index (χ1n) is 7.02. The number of carbonyl (C=O) groups is 2. The van der Waals surface area contributed by atoms with E-state index in [1.807, 2.05) is 0 Å². The maximum atomic E-state index is 12.8. The monoisotopic (exact) mass is 288 g/mol. The fraction of sp³-hybridized carbons (Fsp3) is 0.846. The molecule has 2 aliphatic heterocycles. The number of amides is 2. The minimum atomic E-state index is -2.68. The van der Waals surface area contributed by atoms with Gasteiger partial charge in [0.15, 0.2) is 0 Å². The molecule has 2 atom stereocenters. The lowest BCUT2D eigenvalue weighted by atomic mass is 9.79. The van der Waals surface area contributed by atoms with Crippen LogP contribution in [-0.4, -0.2) is 55.0 Å². The first-order chi connectivity index (χ1) is 9.46. The second-order valence-electron chi connectivity index (χ2n) is 5.84. The van der Waals surface area contributed by atoms with Crippen LogP contribution < -0.4 is 5.32 Å². The van der Waals surface area contributed by atoms with E-state index in [9.17, 15) is 18.4 Å². The molecule has 0 aromatic rings. The molecule has 2 heterocycles. The molecule has 0 spiro atoms. The largest absolute Gasteiger partial charge is 0.374 e. The quantitative estimate of drug-likeness (QED) is 0.759. The Bertz CT molecular complexity index is 422. The van der Waals surface area contributed by atoms with Crippen LogP contribution in [0.25, 0.3) is 0 Å². The van der Waals surface area contributed by atoms with E-state index in [-0.39, 0.29) is 36.7 Å². The summed E-state index contributed by atoms with van der Waals surface area (Å²) in [5.41, 5.74) is 0. The predicted octanol–water partition coefficient (Wildman–Crippen LogP) is 0.395. The van der Waals surface area contributed by atoms with Crippen LogP contribution in [0.3, 0.4) is 0 Å². The Morgan fingerprint density at radius 3 is 2.85 bits per heavy atom. The third-order valence-corrected chi connectivity index (χ3v) is 4.38. The molecular formula is C13H18F2N2O3. The lowest BCUT2D eigenvalue weighted by molar-refractivity contribution is -0.164. The van der Waals surface area contributed by atoms with E-state index in [0.717, 1.165) is 0 Å². The summed E-state index contributed by atoms with van der Waals surface area (Å²) >= 11 is 0. The summed E-state index contributed by atoms with van der Waals surface area (Å²) in [6.07, 6.45) is -0.475. The highest BCUT2D eigenvalue weighted by Gasteiger charge is 2.50. The SMILES string of the molecule is O=C1NCCO[C@@H]2CN(C(=O)C3CC(F)(F)C3)CC[C@H]12. The summed E-state index contributed by atoms with van der Waals surface area (Å²) in [6, 6.07) is 0. The number of nitrogens with zero attached hydrogens (tertiary/aromatic N) is 1. The van der Waals surface area contributed by atoms with Crippen molar-refractivity contribution in [3.8, 4) is 0 Å². The zero-order chi connectivity index (χ0) is 14.3. The third-order valence-electron chi connectivity index (χ3n) is 4.38. The highest BCUT2D eigenvalue weighted by atomic mass is 19.3. The zero-order valence-electron chi connectivity index (χ0n) is 11.1. The van der Waals surface area contributed by atoms with Gasteiger partial charge in [0.1, 0.15) is 0 Å². The standard InChI is InChI=1S/C13H18F2N2O3/c14-13(15)5-8(6-13)12(19)17-3-1-9-10(7-17)20-4-2-16-11(9)18/h8-10H,1-7H2,(H,16,18)/t9-,10+/m0/s1. The van der Waals surface area contributed by atoms with Gasteiger partial charge in [0.25, 0.3) is 0 Å². The van der Waals surface area contributed by atoms with Crippen molar-refractivity contribution in [3.05, 3.63) is 0 Å². The highest BCUT2D eigenvalue weighted by Crippen LogP contribution is 2.43. The van der Waals surface area contributed by atoms with E-state index in [0.29, 0.717) is 32.7 Å². The number of fused-ring (bicyclic) bond motifs is 1. The number of halogens is 2. The molecule has 1 N–H and O–H groups in total. The van der Waals surface area contributed by atoms with Crippen molar-refractivity contribution in [2.75, 3.05) is 26.2 Å². The third kappa shape index (κ3) is 2.51. The minimum Gasteiger partial charge on any atom is -0.374 e. The average molecular weight is 288 g/mol. The molecule has 0 radical (unpaired) electrons. The lowest BCUT2D eigenvalue weighted by Gasteiger charge is -2.41. The second kappa shape index (κ2) is 4.95. The van der Waals surface area contributed by atoms with Crippen molar-refractivity contribution in [2.45, 2.75) is 31.3 Å². The average Bonchev–Trinajstić information content (AvgIpc) is 2.57. The summed E-state index contributed by atoms with van der Waals surface area (Å²) in [4.78, 5) is 25.5. The van der Waals surface area contributed by atoms with Gasteiger partial charge >= 0.3 is 0 Å². The van der Waals surface area contributed by atoms with Crippen LogP contribution in [0.5, 0.6) is 0 Å². The molecule has 112 valence electrons. The van der Waals surface area contributed by atoms with Gasteiger partial charge in [-0.25, -0.2) is 8.78 Å². The number of rotatable bonds is 1. The van der Waals surface area contributed by atoms with E-state index < -0.39 is 11.8 Å². The number of alkyl halides is 2. The van der Waals surface area contributed by atoms with Crippen molar-refractivity contribution in [1.29, 1.82) is 0 Å². The molecule has 3 rings (SSSR count). The Morgan fingerprint density at radius 1 is 1.40 bits per heavy atom. The first-order valence-corrected chi connectivity index (χ1v) is 7.02. The van der Waals surface area contributed by atoms with Gasteiger partial charge in [-0.15, -0.1) is 0 Å². The van der Waals surface area contributed by atoms with Crippen LogP contribution in [-0.2, 0) is 14.3 Å². The van der Waals surface area contributed by atoms with Gasteiger partial charge in [-0.05, 0) is 6.42 Å². The van der Waals surface area contributed by atoms with E-state index >= 15 is 0 Å². The number of nitrogens with one attached hydrogen (secondary N) is 1. The van der Waals surface area contributed by atoms with E-state index in [1.165, 1.54) is 0 Å². The molecule has 7 heteroatoms. The van der Waals surface area contributed by atoms with Gasteiger partial charge in [-0.3, -0.25) is 9.59 Å². The molecule has 2 saturated heterocycles. The van der Waals surface area contributed by atoms with Crippen LogP contribution in [0.4, 0.5) is 8.78 Å². The molecule has 1 saturated carbocycles. The van der Waals surface area contributed by atoms with Crippen LogP contribution in [0, 0.1) is 11.8 Å². The van der Waals surface area contributed by atoms with Gasteiger partial charge in [0, 0.05) is 38.4 Å². The molecule has 3 fully saturated rings. The van der Waals surface area contributed by atoms with Gasteiger partial charge < -0.3 is 15.0 Å². The summed E-state index contributed by atoms with van der Waals surface area (Å²) in [6.45, 7) is 1.68. The molecule has 0 aromatic heterocycles. The van der Waals surface area contributed by atoms with Gasteiger partial charge in [0.05, 0.1) is 18.6 Å². The second-order valence-corrected chi connectivity index (χ2v) is 5.84. The van der Waals surface area contributed by atoms with Crippen molar-refractivity contribution in [3.63, 3.8) is 0 Å². The fourth-order valence-corrected chi connectivity index (χ4v) is 3.20. The molecule has 5 nitrogen and oxygen atoms in total. The minimum absolute atomic E-state index is 0.0326. The number of piperidine rings is 1. The van der Waals surface area contributed by atoms with Crippen LogP contribution in [0.15, 0.2) is 0 Å². The number of ether oxygens (including phenoxy) is 1. The van der Waals surface area contributed by atoms with Crippen LogP contribution in [0.2, 0.25) is 0 Å². The smallest absolute Gasteiger partial charge is 0.249 e. The highest BCUT2D eigenvalue weighted by molar-refractivity contribution is 5.82. The molecule has 0 bridgehead atoms. The number of hydrogen-bond donors (Lipinski definition) is 1. The molecule has 20 heavy (non-hydrogen) atoms. The van der Waals surface area contributed by atoms with Crippen molar-refractivity contribution >= 4 is 11.8 Å². The summed E-state index contributed by atoms with van der Waals surface area (Å²) < 4.78 is 31.3. The predicted molar refractivity (Wildman–Crippen MR) is 65.1 cm³/mol. The molecule has 1 aliphatic carbocycles. The van der Waals surface area contributed by atoms with Crippen molar-refractivity contribution in [1.82, 2.24) is 10.2 Å². The lowest BCUT2D eigenvalue weighted by Crippen LogP contribution is -2.54. The van der Waals surface area contributed by atoms with E-state index in [2.05, 4.69) is 5.32 Å². The normalized spacial score (nSPS) is 33.7. The van der Waals surface area contributed by atoms with Gasteiger partial charge in [-0.2, -0.15) is 0 Å². The van der Waals surface area contributed by atoms with Crippen molar-refractivity contribution in [2.24, 2.45) is 11.8 Å². The number of hydrogen-bond acceptors (Lipinski definition) is 3. The Balaban J connectivity index is 1.60. The van der Waals surface area contributed by atoms with Crippen molar-refractivity contribution < 1.29 is 23.1 Å². The molecular weight excluding hydrogens is 270 g/mol. The maximum Gasteiger partial charge on any atom is 0.249 e. The Kier molecular flexibility index (Phi) is 3.40. The molecule has 0 aromatic carbocycles. The van der Waals surface area contributed by atoms with E-state index in [4.69, 9.17) is 4.74 Å². The first kappa shape index (κ1) is 13.7. The number of likely N-dealkylation sites (tertiary alicyclic amines) is 1. The van der Waals surface area contributed by atoms with E-state index in [1.54, 1.807) is 4.90 Å². The van der Waals surface area contributed by atoms with Crippen LogP contribution in [0.1, 0.15) is 19.3 Å². The Labute approximate surface area is 115 Å². The molecule has 0 unspecified atom stereocenters. The van der Waals surface area contributed by atoms with Crippen LogP contribution >= 0.6 is 0 Å². The summed E-state index contributed by atoms with van der Waals surface area (Å²) in [5.74, 6) is -3.74. The molecule has 3 aliphatic rings. The summed E-state index contributed by atoms with van der Waals surface area (Å²) in [7, 11) is 0. The number of carbonyl (C=O) groups excluding carboxylic acids is 2. The Hall–Kier alpha value is -1.24.